The van der Waals surface area contributed by atoms with E-state index in [9.17, 15) is 13.2 Å². The van der Waals surface area contributed by atoms with Gasteiger partial charge < -0.3 is 9.31 Å². The molecule has 2 heterocycles. The maximum absolute atomic E-state index is 12.9. The Morgan fingerprint density at radius 1 is 1.16 bits per heavy atom. The number of aryl methyl sites for hydroxylation is 1. The van der Waals surface area contributed by atoms with Crippen molar-refractivity contribution in [3.8, 4) is 0 Å². The summed E-state index contributed by atoms with van der Waals surface area (Å²) in [6.45, 7) is 7.15. The Labute approximate surface area is 110 Å². The van der Waals surface area contributed by atoms with Crippen molar-refractivity contribution in [1.82, 2.24) is 9.78 Å². The number of alkyl halides is 3. The molecule has 2 rings (SSSR count). The first kappa shape index (κ1) is 14.4. The molecule has 0 saturated carbocycles. The van der Waals surface area contributed by atoms with Crippen LogP contribution in [0.5, 0.6) is 0 Å². The van der Waals surface area contributed by atoms with Gasteiger partial charge in [0.1, 0.15) is 0 Å². The molecular formula is C11H16BF3N2O2. The van der Waals surface area contributed by atoms with Crippen LogP contribution in [0.2, 0.25) is 0 Å². The molecule has 0 atom stereocenters. The Morgan fingerprint density at radius 2 is 1.63 bits per heavy atom. The predicted molar refractivity (Wildman–Crippen MR) is 63.9 cm³/mol. The minimum absolute atomic E-state index is 0.0892. The highest BCUT2D eigenvalue weighted by molar-refractivity contribution is 6.62. The summed E-state index contributed by atoms with van der Waals surface area (Å²) >= 11 is 0. The SMILES string of the molecule is Cn1cc(B2OC(C)(C)C(C)(C)O2)c(C(F)(F)F)n1. The van der Waals surface area contributed by atoms with Crippen LogP contribution in [0.3, 0.4) is 0 Å². The van der Waals surface area contributed by atoms with E-state index in [-0.39, 0.29) is 5.46 Å². The quantitative estimate of drug-likeness (QED) is 0.733. The van der Waals surface area contributed by atoms with E-state index < -0.39 is 30.2 Å². The molecular weight excluding hydrogens is 260 g/mol. The van der Waals surface area contributed by atoms with Crippen molar-refractivity contribution in [2.24, 2.45) is 7.05 Å². The number of hydrogen-bond donors (Lipinski definition) is 0. The van der Waals surface area contributed by atoms with Gasteiger partial charge in [0.05, 0.1) is 11.2 Å². The molecule has 1 aromatic heterocycles. The highest BCUT2D eigenvalue weighted by Gasteiger charge is 2.54. The van der Waals surface area contributed by atoms with Gasteiger partial charge in [-0.2, -0.15) is 18.3 Å². The minimum Gasteiger partial charge on any atom is -0.399 e. The molecule has 8 heteroatoms. The van der Waals surface area contributed by atoms with Crippen molar-refractivity contribution in [2.75, 3.05) is 0 Å². The summed E-state index contributed by atoms with van der Waals surface area (Å²) in [6.07, 6.45) is -3.24. The van der Waals surface area contributed by atoms with Crippen LogP contribution < -0.4 is 5.46 Å². The summed E-state index contributed by atoms with van der Waals surface area (Å²) in [5.41, 5.74) is -2.42. The fraction of sp³-hybridized carbons (Fsp3) is 0.727. The monoisotopic (exact) mass is 276 g/mol. The molecule has 0 spiro atoms. The lowest BCUT2D eigenvalue weighted by atomic mass is 9.79. The van der Waals surface area contributed by atoms with Gasteiger partial charge in [0.25, 0.3) is 0 Å². The van der Waals surface area contributed by atoms with Crippen LogP contribution in [-0.4, -0.2) is 28.1 Å². The van der Waals surface area contributed by atoms with Crippen LogP contribution in [0.4, 0.5) is 13.2 Å². The number of rotatable bonds is 1. The maximum atomic E-state index is 12.9. The second kappa shape index (κ2) is 3.99. The first-order chi connectivity index (χ1) is 8.44. The van der Waals surface area contributed by atoms with Crippen molar-refractivity contribution < 1.29 is 22.5 Å². The zero-order valence-corrected chi connectivity index (χ0v) is 11.5. The molecule has 1 fully saturated rings. The normalized spacial score (nSPS) is 22.0. The van der Waals surface area contributed by atoms with Crippen molar-refractivity contribution in [3.05, 3.63) is 11.9 Å². The van der Waals surface area contributed by atoms with Crippen LogP contribution in [0.1, 0.15) is 33.4 Å². The third-order valence-corrected chi connectivity index (χ3v) is 3.63. The van der Waals surface area contributed by atoms with Gasteiger partial charge in [0.2, 0.25) is 0 Å². The van der Waals surface area contributed by atoms with E-state index in [2.05, 4.69) is 5.10 Å². The van der Waals surface area contributed by atoms with Crippen molar-refractivity contribution in [3.63, 3.8) is 0 Å². The summed E-state index contributed by atoms with van der Waals surface area (Å²) in [4.78, 5) is 0. The Hall–Kier alpha value is -1.02. The Bertz CT molecular complexity index is 481. The summed E-state index contributed by atoms with van der Waals surface area (Å²) in [7, 11) is 0.375. The van der Waals surface area contributed by atoms with Crippen LogP contribution in [-0.2, 0) is 22.5 Å². The van der Waals surface area contributed by atoms with Gasteiger partial charge in [0.15, 0.2) is 5.69 Å². The van der Waals surface area contributed by atoms with Crippen LogP contribution in [0.25, 0.3) is 0 Å². The molecule has 1 aliphatic heterocycles. The van der Waals surface area contributed by atoms with E-state index in [1.54, 1.807) is 27.7 Å². The van der Waals surface area contributed by atoms with Crippen LogP contribution in [0, 0.1) is 0 Å². The summed E-state index contributed by atoms with van der Waals surface area (Å²) < 4.78 is 51.1. The second-order valence-corrected chi connectivity index (χ2v) is 5.69. The number of halogens is 3. The molecule has 0 radical (unpaired) electrons. The third kappa shape index (κ3) is 2.39. The maximum Gasteiger partial charge on any atom is 0.498 e. The average molecular weight is 276 g/mol. The molecule has 1 aromatic rings. The second-order valence-electron chi connectivity index (χ2n) is 5.69. The third-order valence-electron chi connectivity index (χ3n) is 3.63. The molecule has 0 N–H and O–H groups in total. The first-order valence-corrected chi connectivity index (χ1v) is 5.90. The number of aromatic nitrogens is 2. The van der Waals surface area contributed by atoms with Crippen molar-refractivity contribution >= 4 is 12.6 Å². The molecule has 0 unspecified atom stereocenters. The zero-order valence-electron chi connectivity index (χ0n) is 11.5. The highest BCUT2D eigenvalue weighted by Crippen LogP contribution is 2.37. The van der Waals surface area contributed by atoms with E-state index in [4.69, 9.17) is 9.31 Å². The Morgan fingerprint density at radius 3 is 2.05 bits per heavy atom. The molecule has 106 valence electrons. The minimum atomic E-state index is -4.53. The van der Waals surface area contributed by atoms with E-state index >= 15 is 0 Å². The lowest BCUT2D eigenvalue weighted by Gasteiger charge is -2.32. The smallest absolute Gasteiger partial charge is 0.399 e. The molecule has 0 aliphatic carbocycles. The van der Waals surface area contributed by atoms with Crippen molar-refractivity contribution in [2.45, 2.75) is 45.1 Å². The fourth-order valence-corrected chi connectivity index (χ4v) is 1.87. The number of hydrogen-bond acceptors (Lipinski definition) is 3. The van der Waals surface area contributed by atoms with Crippen molar-refractivity contribution in [1.29, 1.82) is 0 Å². The van der Waals surface area contributed by atoms with Crippen LogP contribution in [0.15, 0.2) is 6.20 Å². The van der Waals surface area contributed by atoms with E-state index in [1.807, 2.05) is 0 Å². The molecule has 0 amide bonds. The molecule has 0 bridgehead atoms. The summed E-state index contributed by atoms with van der Waals surface area (Å²) in [5, 5.41) is 3.45. The summed E-state index contributed by atoms with van der Waals surface area (Å²) in [5.74, 6) is 0. The average Bonchev–Trinajstić information content (AvgIpc) is 2.65. The molecule has 0 aromatic carbocycles. The van der Waals surface area contributed by atoms with E-state index in [1.165, 1.54) is 13.2 Å². The predicted octanol–water partition coefficient (Wildman–Crippen LogP) is 1.74. The Balaban J connectivity index is 2.40. The fourth-order valence-electron chi connectivity index (χ4n) is 1.87. The first-order valence-electron chi connectivity index (χ1n) is 5.90. The Kier molecular flexibility index (Phi) is 3.02. The largest absolute Gasteiger partial charge is 0.498 e. The molecule has 1 aliphatic rings. The molecule has 1 saturated heterocycles. The van der Waals surface area contributed by atoms with Gasteiger partial charge in [-0.15, -0.1) is 0 Å². The lowest BCUT2D eigenvalue weighted by Crippen LogP contribution is -2.41. The standard InChI is InChI=1S/C11H16BF3N2O2/c1-9(2)10(3,4)19-12(18-9)7-6-17(5)16-8(7)11(13,14)15/h6H,1-5H3. The van der Waals surface area contributed by atoms with Gasteiger partial charge in [-0.1, -0.05) is 0 Å². The highest BCUT2D eigenvalue weighted by atomic mass is 19.4. The number of nitrogens with zero attached hydrogens (tertiary/aromatic N) is 2. The van der Waals surface area contributed by atoms with Crippen LogP contribution >= 0.6 is 0 Å². The van der Waals surface area contributed by atoms with Gasteiger partial charge in [0, 0.05) is 18.7 Å². The van der Waals surface area contributed by atoms with Gasteiger partial charge in [-0.05, 0) is 27.7 Å². The van der Waals surface area contributed by atoms with Gasteiger partial charge in [-0.3, -0.25) is 4.68 Å². The zero-order chi connectivity index (χ0) is 14.6. The van der Waals surface area contributed by atoms with E-state index in [0.717, 1.165) is 4.68 Å². The molecule has 4 nitrogen and oxygen atoms in total. The molecule has 19 heavy (non-hydrogen) atoms. The topological polar surface area (TPSA) is 36.3 Å². The van der Waals surface area contributed by atoms with Gasteiger partial charge >= 0.3 is 13.3 Å². The summed E-state index contributed by atoms with van der Waals surface area (Å²) in [6, 6.07) is 0. The lowest BCUT2D eigenvalue weighted by molar-refractivity contribution is -0.140. The van der Waals surface area contributed by atoms with Gasteiger partial charge in [-0.25, -0.2) is 0 Å². The van der Waals surface area contributed by atoms with E-state index in [0.29, 0.717) is 0 Å².